The summed E-state index contributed by atoms with van der Waals surface area (Å²) in [4.78, 5) is 10.9. The highest BCUT2D eigenvalue weighted by Gasteiger charge is 2.30. The van der Waals surface area contributed by atoms with Crippen molar-refractivity contribution in [2.24, 2.45) is 7.05 Å². The Hall–Kier alpha value is -1.89. The minimum atomic E-state index is -0.445. The molecule has 0 radical (unpaired) electrons. The Bertz CT molecular complexity index is 695. The van der Waals surface area contributed by atoms with Crippen molar-refractivity contribution in [3.8, 4) is 11.6 Å². The molecular weight excluding hydrogens is 338 g/mol. The zero-order valence-electron chi connectivity index (χ0n) is 12.3. The first kappa shape index (κ1) is 15.5. The Morgan fingerprint density at radius 2 is 2.10 bits per heavy atom. The number of halogens is 1. The first-order chi connectivity index (χ1) is 9.81. The van der Waals surface area contributed by atoms with Gasteiger partial charge in [0.25, 0.3) is 5.88 Å². The van der Waals surface area contributed by atoms with E-state index in [0.717, 1.165) is 10.0 Å². The molecule has 1 heterocycles. The van der Waals surface area contributed by atoms with E-state index in [4.69, 9.17) is 4.74 Å². The SMILES string of the molecule is Cc1ccc(Oc2c([N+](=O)[O-])c(C(C)C)nn2C)c(Br)c1. The lowest BCUT2D eigenvalue weighted by atomic mass is 10.1. The number of ether oxygens (including phenoxy) is 1. The Kier molecular flexibility index (Phi) is 4.32. The molecule has 1 aromatic carbocycles. The van der Waals surface area contributed by atoms with Crippen LogP contribution in [-0.2, 0) is 7.05 Å². The van der Waals surface area contributed by atoms with Crippen molar-refractivity contribution < 1.29 is 9.66 Å². The molecule has 0 saturated heterocycles. The highest BCUT2D eigenvalue weighted by Crippen LogP contribution is 2.39. The Labute approximate surface area is 131 Å². The van der Waals surface area contributed by atoms with Crippen LogP contribution in [0, 0.1) is 17.0 Å². The number of hydrogen-bond donors (Lipinski definition) is 0. The molecule has 7 heteroatoms. The number of hydrogen-bond acceptors (Lipinski definition) is 4. The molecule has 112 valence electrons. The van der Waals surface area contributed by atoms with Crippen LogP contribution in [0.3, 0.4) is 0 Å². The van der Waals surface area contributed by atoms with Gasteiger partial charge in [0.2, 0.25) is 0 Å². The van der Waals surface area contributed by atoms with E-state index in [2.05, 4.69) is 21.0 Å². The summed E-state index contributed by atoms with van der Waals surface area (Å²) in [6.45, 7) is 5.68. The maximum Gasteiger partial charge on any atom is 0.354 e. The summed E-state index contributed by atoms with van der Waals surface area (Å²) in [5, 5.41) is 15.6. The van der Waals surface area contributed by atoms with Gasteiger partial charge >= 0.3 is 5.69 Å². The minimum Gasteiger partial charge on any atom is -0.433 e. The molecule has 2 rings (SSSR count). The van der Waals surface area contributed by atoms with E-state index >= 15 is 0 Å². The number of aromatic nitrogens is 2. The average molecular weight is 354 g/mol. The van der Waals surface area contributed by atoms with Crippen molar-refractivity contribution in [3.05, 3.63) is 44.0 Å². The van der Waals surface area contributed by atoms with Crippen LogP contribution in [0.25, 0.3) is 0 Å². The van der Waals surface area contributed by atoms with E-state index in [-0.39, 0.29) is 17.5 Å². The summed E-state index contributed by atoms with van der Waals surface area (Å²) < 4.78 is 7.87. The van der Waals surface area contributed by atoms with Crippen molar-refractivity contribution in [2.75, 3.05) is 0 Å². The second-order valence-corrected chi connectivity index (χ2v) is 5.96. The number of rotatable bonds is 4. The van der Waals surface area contributed by atoms with Crippen molar-refractivity contribution in [1.29, 1.82) is 0 Å². The van der Waals surface area contributed by atoms with Crippen molar-refractivity contribution >= 4 is 21.6 Å². The molecule has 0 fully saturated rings. The van der Waals surface area contributed by atoms with E-state index in [1.54, 1.807) is 13.1 Å². The van der Waals surface area contributed by atoms with E-state index in [0.29, 0.717) is 11.4 Å². The third kappa shape index (κ3) is 3.07. The monoisotopic (exact) mass is 353 g/mol. The average Bonchev–Trinajstić information content (AvgIpc) is 2.70. The highest BCUT2D eigenvalue weighted by molar-refractivity contribution is 9.10. The normalized spacial score (nSPS) is 11.0. The summed E-state index contributed by atoms with van der Waals surface area (Å²) in [6, 6.07) is 5.54. The molecule has 0 aliphatic heterocycles. The topological polar surface area (TPSA) is 70.2 Å². The number of nitro groups is 1. The zero-order valence-corrected chi connectivity index (χ0v) is 13.8. The van der Waals surface area contributed by atoms with Gasteiger partial charge in [-0.05, 0) is 40.5 Å². The van der Waals surface area contributed by atoms with Gasteiger partial charge < -0.3 is 4.74 Å². The van der Waals surface area contributed by atoms with E-state index < -0.39 is 4.92 Å². The Morgan fingerprint density at radius 3 is 2.62 bits per heavy atom. The van der Waals surface area contributed by atoms with Gasteiger partial charge in [0, 0.05) is 13.0 Å². The molecule has 2 aromatic rings. The van der Waals surface area contributed by atoms with Gasteiger partial charge in [-0.15, -0.1) is 0 Å². The fraction of sp³-hybridized carbons (Fsp3) is 0.357. The molecular formula is C14H16BrN3O3. The molecule has 0 aliphatic rings. The largest absolute Gasteiger partial charge is 0.433 e. The molecule has 0 amide bonds. The first-order valence-corrected chi connectivity index (χ1v) is 7.25. The fourth-order valence-electron chi connectivity index (χ4n) is 1.98. The van der Waals surface area contributed by atoms with Crippen LogP contribution in [0.15, 0.2) is 22.7 Å². The summed E-state index contributed by atoms with van der Waals surface area (Å²) >= 11 is 3.40. The third-order valence-corrected chi connectivity index (χ3v) is 3.64. The summed E-state index contributed by atoms with van der Waals surface area (Å²) in [6.07, 6.45) is 0. The van der Waals surface area contributed by atoms with Crippen LogP contribution in [0.4, 0.5) is 5.69 Å². The van der Waals surface area contributed by atoms with Crippen LogP contribution in [0.1, 0.15) is 31.0 Å². The molecule has 0 spiro atoms. The predicted molar refractivity (Wildman–Crippen MR) is 82.9 cm³/mol. The predicted octanol–water partition coefficient (Wildman–Crippen LogP) is 4.31. The van der Waals surface area contributed by atoms with Crippen LogP contribution >= 0.6 is 15.9 Å². The van der Waals surface area contributed by atoms with E-state index in [9.17, 15) is 10.1 Å². The lowest BCUT2D eigenvalue weighted by Gasteiger charge is -2.07. The lowest BCUT2D eigenvalue weighted by molar-refractivity contribution is -0.386. The van der Waals surface area contributed by atoms with Gasteiger partial charge in [-0.1, -0.05) is 19.9 Å². The summed E-state index contributed by atoms with van der Waals surface area (Å²) in [7, 11) is 1.64. The smallest absolute Gasteiger partial charge is 0.354 e. The molecule has 0 bridgehead atoms. The molecule has 1 aromatic heterocycles. The molecule has 0 aliphatic carbocycles. The lowest BCUT2D eigenvalue weighted by Crippen LogP contribution is -1.98. The summed E-state index contributed by atoms with van der Waals surface area (Å²) in [5.74, 6) is 0.589. The Morgan fingerprint density at radius 1 is 1.43 bits per heavy atom. The Balaban J connectivity index is 2.51. The van der Waals surface area contributed by atoms with Gasteiger partial charge in [-0.25, -0.2) is 4.68 Å². The highest BCUT2D eigenvalue weighted by atomic mass is 79.9. The first-order valence-electron chi connectivity index (χ1n) is 6.46. The standard InChI is InChI=1S/C14H16BrN3O3/c1-8(2)12-13(18(19)20)14(17(4)16-12)21-11-6-5-9(3)7-10(11)15/h5-8H,1-4H3. The van der Waals surface area contributed by atoms with Gasteiger partial charge in [0.1, 0.15) is 11.4 Å². The maximum atomic E-state index is 11.4. The van der Waals surface area contributed by atoms with Crippen LogP contribution in [0.2, 0.25) is 0 Å². The second kappa shape index (κ2) is 5.85. The number of aryl methyl sites for hydroxylation is 2. The fourth-order valence-corrected chi connectivity index (χ4v) is 2.56. The van der Waals surface area contributed by atoms with E-state index in [1.165, 1.54) is 4.68 Å². The number of benzene rings is 1. The maximum absolute atomic E-state index is 11.4. The summed E-state index contributed by atoms with van der Waals surface area (Å²) in [5.41, 5.74) is 1.40. The second-order valence-electron chi connectivity index (χ2n) is 5.11. The van der Waals surface area contributed by atoms with Crippen LogP contribution < -0.4 is 4.74 Å². The van der Waals surface area contributed by atoms with Crippen LogP contribution in [-0.4, -0.2) is 14.7 Å². The van der Waals surface area contributed by atoms with Crippen molar-refractivity contribution in [3.63, 3.8) is 0 Å². The third-order valence-electron chi connectivity index (χ3n) is 3.02. The molecule has 0 saturated carbocycles. The van der Waals surface area contributed by atoms with Crippen LogP contribution in [0.5, 0.6) is 11.6 Å². The van der Waals surface area contributed by atoms with Crippen molar-refractivity contribution in [2.45, 2.75) is 26.7 Å². The van der Waals surface area contributed by atoms with Gasteiger partial charge in [-0.2, -0.15) is 5.10 Å². The van der Waals surface area contributed by atoms with E-state index in [1.807, 2.05) is 32.9 Å². The number of nitrogens with zero attached hydrogens (tertiary/aromatic N) is 3. The minimum absolute atomic E-state index is 0.0598. The molecule has 0 atom stereocenters. The zero-order chi connectivity index (χ0) is 15.7. The van der Waals surface area contributed by atoms with Gasteiger partial charge in [0.05, 0.1) is 9.40 Å². The quantitative estimate of drug-likeness (QED) is 0.606. The van der Waals surface area contributed by atoms with Gasteiger partial charge in [0.15, 0.2) is 0 Å². The molecule has 21 heavy (non-hydrogen) atoms. The van der Waals surface area contributed by atoms with Gasteiger partial charge in [-0.3, -0.25) is 10.1 Å². The van der Waals surface area contributed by atoms with Crippen molar-refractivity contribution in [1.82, 2.24) is 9.78 Å². The molecule has 6 nitrogen and oxygen atoms in total. The molecule has 0 unspecified atom stereocenters. The molecule has 0 N–H and O–H groups in total.